The zero-order valence-electron chi connectivity index (χ0n) is 15.4. The summed E-state index contributed by atoms with van der Waals surface area (Å²) in [6, 6.07) is 9.77. The highest BCUT2D eigenvalue weighted by Crippen LogP contribution is 2.38. The molecule has 1 aliphatic carbocycles. The third-order valence-corrected chi connectivity index (χ3v) is 5.85. The first-order valence-corrected chi connectivity index (χ1v) is 9.38. The van der Waals surface area contributed by atoms with Gasteiger partial charge in [0.25, 0.3) is 5.91 Å². The Morgan fingerprint density at radius 1 is 1.20 bits per heavy atom. The van der Waals surface area contributed by atoms with Crippen molar-refractivity contribution in [2.45, 2.75) is 50.3 Å². The molecule has 5 heteroatoms. The normalized spacial score (nSPS) is 23.1. The van der Waals surface area contributed by atoms with Gasteiger partial charge in [0.2, 0.25) is 0 Å². The fraction of sp³-hybridized carbons (Fsp3) is 0.650. The van der Waals surface area contributed by atoms with Crippen molar-refractivity contribution in [2.24, 2.45) is 0 Å². The second kappa shape index (κ2) is 8.30. The Bertz CT molecular complexity index is 551. The van der Waals surface area contributed by atoms with E-state index in [1.165, 1.54) is 12.8 Å². The zero-order chi connectivity index (χ0) is 17.7. The molecule has 1 N–H and O–H groups in total. The Morgan fingerprint density at radius 2 is 1.84 bits per heavy atom. The van der Waals surface area contributed by atoms with Crippen molar-refractivity contribution in [3.05, 3.63) is 35.9 Å². The molecule has 1 aromatic carbocycles. The third-order valence-electron chi connectivity index (χ3n) is 5.85. The highest BCUT2D eigenvalue weighted by atomic mass is 16.5. The van der Waals surface area contributed by atoms with Crippen LogP contribution in [-0.4, -0.2) is 55.8 Å². The predicted molar refractivity (Wildman–Crippen MR) is 97.4 cm³/mol. The van der Waals surface area contributed by atoms with Crippen LogP contribution in [0.1, 0.15) is 44.3 Å². The molecule has 1 heterocycles. The van der Waals surface area contributed by atoms with E-state index in [4.69, 9.17) is 9.47 Å². The molecule has 1 aliphatic heterocycles. The van der Waals surface area contributed by atoms with Gasteiger partial charge in [0.1, 0.15) is 0 Å². The second-order valence-electron chi connectivity index (χ2n) is 7.17. The molecule has 2 atom stereocenters. The number of methoxy groups -OCH3 is 1. The number of amides is 1. The van der Waals surface area contributed by atoms with Gasteiger partial charge in [-0.1, -0.05) is 43.2 Å². The van der Waals surface area contributed by atoms with Crippen LogP contribution < -0.4 is 5.32 Å². The van der Waals surface area contributed by atoms with Crippen LogP contribution in [0.5, 0.6) is 0 Å². The molecule has 5 nitrogen and oxygen atoms in total. The fourth-order valence-corrected chi connectivity index (χ4v) is 4.46. The second-order valence-corrected chi connectivity index (χ2v) is 7.17. The van der Waals surface area contributed by atoms with Crippen LogP contribution in [-0.2, 0) is 14.3 Å². The van der Waals surface area contributed by atoms with Crippen molar-refractivity contribution in [3.8, 4) is 0 Å². The van der Waals surface area contributed by atoms with Crippen molar-refractivity contribution in [3.63, 3.8) is 0 Å². The average molecular weight is 346 g/mol. The molecule has 138 valence electrons. The molecule has 0 spiro atoms. The third kappa shape index (κ3) is 3.89. The highest BCUT2D eigenvalue weighted by molar-refractivity contribution is 5.82. The van der Waals surface area contributed by atoms with Gasteiger partial charge in [-0.25, -0.2) is 0 Å². The van der Waals surface area contributed by atoms with E-state index in [2.05, 4.69) is 17.1 Å². The monoisotopic (exact) mass is 346 g/mol. The highest BCUT2D eigenvalue weighted by Gasteiger charge is 2.45. The van der Waals surface area contributed by atoms with Crippen LogP contribution in [0, 0.1) is 0 Å². The molecule has 1 saturated carbocycles. The molecule has 1 saturated heterocycles. The summed E-state index contributed by atoms with van der Waals surface area (Å²) in [6.45, 7) is 5.62. The summed E-state index contributed by atoms with van der Waals surface area (Å²) in [5, 5.41) is 3.26. The topological polar surface area (TPSA) is 50.8 Å². The van der Waals surface area contributed by atoms with E-state index in [9.17, 15) is 4.79 Å². The minimum atomic E-state index is -0.563. The quantitative estimate of drug-likeness (QED) is 0.860. The lowest BCUT2D eigenvalue weighted by atomic mass is 9.86. The number of nitrogens with zero attached hydrogens (tertiary/aromatic N) is 1. The Kier molecular flexibility index (Phi) is 6.10. The molecule has 0 radical (unpaired) electrons. The Morgan fingerprint density at radius 3 is 2.44 bits per heavy atom. The minimum absolute atomic E-state index is 0.0500. The van der Waals surface area contributed by atoms with Gasteiger partial charge in [-0.3, -0.25) is 9.69 Å². The number of ether oxygens (including phenoxy) is 2. The number of hydrogen-bond acceptors (Lipinski definition) is 4. The molecule has 1 amide bonds. The zero-order valence-corrected chi connectivity index (χ0v) is 15.4. The van der Waals surface area contributed by atoms with Crippen molar-refractivity contribution in [1.82, 2.24) is 10.2 Å². The lowest BCUT2D eigenvalue weighted by Crippen LogP contribution is -2.62. The van der Waals surface area contributed by atoms with E-state index in [-0.39, 0.29) is 17.5 Å². The van der Waals surface area contributed by atoms with Gasteiger partial charge in [0.15, 0.2) is 6.10 Å². The number of benzene rings is 1. The Balaban J connectivity index is 1.72. The summed E-state index contributed by atoms with van der Waals surface area (Å²) in [6.07, 6.45) is 4.16. The maximum Gasteiger partial charge on any atom is 0.254 e. The molecule has 1 aromatic rings. The smallest absolute Gasteiger partial charge is 0.254 e. The maximum atomic E-state index is 12.9. The molecule has 0 unspecified atom stereocenters. The van der Waals surface area contributed by atoms with E-state index in [0.717, 1.165) is 44.7 Å². The summed E-state index contributed by atoms with van der Waals surface area (Å²) in [5.41, 5.74) is 0.940. The number of rotatable bonds is 6. The van der Waals surface area contributed by atoms with Gasteiger partial charge in [0, 0.05) is 31.8 Å². The SMILES string of the molecule is CO[C@@H](C(=O)N[C@H](C)C1(N2CCOCC2)CCCC1)c1ccccc1. The first-order valence-electron chi connectivity index (χ1n) is 9.38. The van der Waals surface area contributed by atoms with Gasteiger partial charge in [-0.05, 0) is 25.3 Å². The molecule has 2 aliphatic rings. The molecule has 2 fully saturated rings. The summed E-state index contributed by atoms with van der Waals surface area (Å²) in [7, 11) is 1.59. The van der Waals surface area contributed by atoms with Gasteiger partial charge >= 0.3 is 0 Å². The van der Waals surface area contributed by atoms with E-state index in [1.807, 2.05) is 30.3 Å². The van der Waals surface area contributed by atoms with E-state index in [0.29, 0.717) is 0 Å². The summed E-state index contributed by atoms with van der Waals surface area (Å²) in [5.74, 6) is -0.0549. The van der Waals surface area contributed by atoms with E-state index < -0.39 is 6.10 Å². The lowest BCUT2D eigenvalue weighted by Gasteiger charge is -2.47. The van der Waals surface area contributed by atoms with Gasteiger partial charge in [-0.2, -0.15) is 0 Å². The number of carbonyl (C=O) groups is 1. The number of carbonyl (C=O) groups excluding carboxylic acids is 1. The summed E-state index contributed by atoms with van der Waals surface area (Å²) >= 11 is 0. The summed E-state index contributed by atoms with van der Waals surface area (Å²) in [4.78, 5) is 15.4. The molecular weight excluding hydrogens is 316 g/mol. The van der Waals surface area contributed by atoms with Crippen LogP contribution in [0.2, 0.25) is 0 Å². The van der Waals surface area contributed by atoms with Crippen LogP contribution in [0.4, 0.5) is 0 Å². The predicted octanol–water partition coefficient (Wildman–Crippen LogP) is 2.52. The van der Waals surface area contributed by atoms with Crippen LogP contribution >= 0.6 is 0 Å². The molecule has 25 heavy (non-hydrogen) atoms. The minimum Gasteiger partial charge on any atom is -0.379 e. The van der Waals surface area contributed by atoms with E-state index >= 15 is 0 Å². The molecule has 0 aromatic heterocycles. The molecule has 0 bridgehead atoms. The fourth-order valence-electron chi connectivity index (χ4n) is 4.46. The van der Waals surface area contributed by atoms with Crippen LogP contribution in [0.15, 0.2) is 30.3 Å². The van der Waals surface area contributed by atoms with Crippen molar-refractivity contribution in [2.75, 3.05) is 33.4 Å². The average Bonchev–Trinajstić information content (AvgIpc) is 3.15. The maximum absolute atomic E-state index is 12.9. The van der Waals surface area contributed by atoms with Crippen molar-refractivity contribution < 1.29 is 14.3 Å². The molecular formula is C20H30N2O3. The van der Waals surface area contributed by atoms with Crippen LogP contribution in [0.3, 0.4) is 0 Å². The first-order chi connectivity index (χ1) is 12.2. The van der Waals surface area contributed by atoms with Crippen LogP contribution in [0.25, 0.3) is 0 Å². The number of hydrogen-bond donors (Lipinski definition) is 1. The largest absolute Gasteiger partial charge is 0.379 e. The Hall–Kier alpha value is -1.43. The van der Waals surface area contributed by atoms with Gasteiger partial charge < -0.3 is 14.8 Å². The van der Waals surface area contributed by atoms with Gasteiger partial charge in [0.05, 0.1) is 13.2 Å². The summed E-state index contributed by atoms with van der Waals surface area (Å²) < 4.78 is 11.0. The van der Waals surface area contributed by atoms with E-state index in [1.54, 1.807) is 7.11 Å². The number of morpholine rings is 1. The van der Waals surface area contributed by atoms with Crippen molar-refractivity contribution in [1.29, 1.82) is 0 Å². The lowest BCUT2D eigenvalue weighted by molar-refractivity contribution is -0.133. The standard InChI is InChI=1S/C20H30N2O3/c1-16(20(10-6-7-11-20)22-12-14-25-15-13-22)21-19(23)18(24-2)17-8-4-3-5-9-17/h3-5,8-9,16,18H,6-7,10-15H2,1-2H3,(H,21,23)/t16-,18-/m1/s1. The first kappa shape index (κ1) is 18.4. The van der Waals surface area contributed by atoms with Crippen molar-refractivity contribution >= 4 is 5.91 Å². The number of nitrogens with one attached hydrogen (secondary N) is 1. The van der Waals surface area contributed by atoms with Gasteiger partial charge in [-0.15, -0.1) is 0 Å². The Labute approximate surface area is 150 Å². The molecule has 3 rings (SSSR count).